The van der Waals surface area contributed by atoms with Crippen molar-refractivity contribution in [3.63, 3.8) is 0 Å². The number of benzene rings is 6. The van der Waals surface area contributed by atoms with Crippen molar-refractivity contribution < 1.29 is 28.7 Å². The van der Waals surface area contributed by atoms with Crippen molar-refractivity contribution in [2.45, 2.75) is 22.3 Å². The smallest absolute Gasteiger partial charge is 0.376 e. The van der Waals surface area contributed by atoms with Crippen LogP contribution in [0.25, 0.3) is 0 Å². The average Bonchev–Trinajstić information content (AvgIpc) is 3.20. The van der Waals surface area contributed by atoms with Crippen molar-refractivity contribution in [2.24, 2.45) is 0 Å². The van der Waals surface area contributed by atoms with Crippen LogP contribution in [0.2, 0.25) is 0 Å². The molecule has 0 radical (unpaired) electrons. The van der Waals surface area contributed by atoms with Gasteiger partial charge in [-0.15, -0.1) is 0 Å². The van der Waals surface area contributed by atoms with Gasteiger partial charge in [0.1, 0.15) is 9.49 Å². The first-order chi connectivity index (χ1) is 25.4. The lowest BCUT2D eigenvalue weighted by Gasteiger charge is -2.34. The van der Waals surface area contributed by atoms with Crippen LogP contribution in [-0.4, -0.2) is 22.5 Å². The Bertz CT molecular complexity index is 1750. The molecule has 8 heteroatoms. The van der Waals surface area contributed by atoms with Gasteiger partial charge in [0.2, 0.25) is 0 Å². The topological polar surface area (TPSA) is 86.7 Å². The fourth-order valence-corrected chi connectivity index (χ4v) is 8.47. The molecule has 6 nitrogen and oxygen atoms in total. The maximum Gasteiger partial charge on any atom is 0.376 e. The Morgan fingerprint density at radius 3 is 0.731 bits per heavy atom. The molecule has 0 fully saturated rings. The minimum Gasteiger partial charge on any atom is -0.385 e. The van der Waals surface area contributed by atoms with E-state index in [-0.39, 0.29) is 0 Å². The Labute approximate surface area is 311 Å². The molecule has 0 heterocycles. The van der Waals surface area contributed by atoms with E-state index in [1.165, 1.54) is 0 Å². The second-order valence-electron chi connectivity index (χ2n) is 11.7. The highest BCUT2D eigenvalue weighted by Crippen LogP contribution is 2.50. The fourth-order valence-electron chi connectivity index (χ4n) is 6.17. The minimum absolute atomic E-state index is 0.459. The largest absolute Gasteiger partial charge is 0.385 e. The molecular weight excluding hydrogens is 689 g/mol. The van der Waals surface area contributed by atoms with E-state index < -0.39 is 44.9 Å². The van der Waals surface area contributed by atoms with Gasteiger partial charge < -0.3 is 9.47 Å². The SMILES string of the molecule is O=C(CCC(=O)OC(=O)SC(c1ccccc1)(c1ccccc1)c1ccccc1)OC(=O)SC(c1ccccc1)(c1ccccc1)c1ccccc1. The van der Waals surface area contributed by atoms with Gasteiger partial charge in [-0.1, -0.05) is 182 Å². The zero-order chi connectivity index (χ0) is 36.2. The molecule has 0 saturated heterocycles. The molecule has 0 saturated carbocycles. The van der Waals surface area contributed by atoms with E-state index in [0.29, 0.717) is 0 Å². The van der Waals surface area contributed by atoms with Crippen molar-refractivity contribution >= 4 is 46.1 Å². The zero-order valence-electron chi connectivity index (χ0n) is 28.0. The third-order valence-corrected chi connectivity index (χ3v) is 11.0. The standard InChI is InChI=1S/C44H34O6S2/c45-39(49-41(47)51-43(33-19-7-1-8-20-33,34-21-9-2-10-22-34)35-23-11-3-12-24-35)31-32-40(46)50-42(48)52-44(36-25-13-4-14-26-36,37-27-15-5-16-28-37)38-29-17-6-18-30-38/h1-30H,31-32H2. The molecule has 0 aromatic heterocycles. The molecule has 52 heavy (non-hydrogen) atoms. The Balaban J connectivity index is 1.16. The Morgan fingerprint density at radius 1 is 0.346 bits per heavy atom. The number of ether oxygens (including phenoxy) is 2. The summed E-state index contributed by atoms with van der Waals surface area (Å²) in [6, 6.07) is 57.2. The van der Waals surface area contributed by atoms with E-state index in [0.717, 1.165) is 56.9 Å². The van der Waals surface area contributed by atoms with Crippen LogP contribution in [0.1, 0.15) is 46.2 Å². The van der Waals surface area contributed by atoms with Crippen molar-refractivity contribution in [1.82, 2.24) is 0 Å². The molecule has 0 atom stereocenters. The number of esters is 2. The van der Waals surface area contributed by atoms with Crippen LogP contribution in [0.15, 0.2) is 182 Å². The van der Waals surface area contributed by atoms with E-state index >= 15 is 0 Å². The highest BCUT2D eigenvalue weighted by atomic mass is 32.2. The van der Waals surface area contributed by atoms with Crippen molar-refractivity contribution in [3.8, 4) is 0 Å². The molecular formula is C44H34O6S2. The lowest BCUT2D eigenvalue weighted by molar-refractivity contribution is -0.142. The number of carbonyl (C=O) groups is 4. The number of thioether (sulfide) groups is 2. The molecule has 0 aliphatic heterocycles. The van der Waals surface area contributed by atoms with E-state index in [9.17, 15) is 19.2 Å². The van der Waals surface area contributed by atoms with Crippen LogP contribution in [0.3, 0.4) is 0 Å². The summed E-state index contributed by atoms with van der Waals surface area (Å²) < 4.78 is 8.46. The highest BCUT2D eigenvalue weighted by Gasteiger charge is 2.42. The first-order valence-electron chi connectivity index (χ1n) is 16.6. The summed E-state index contributed by atoms with van der Waals surface area (Å²) >= 11 is 1.74. The average molecular weight is 723 g/mol. The third kappa shape index (κ3) is 8.09. The van der Waals surface area contributed by atoms with Crippen LogP contribution < -0.4 is 0 Å². The molecule has 6 aromatic carbocycles. The van der Waals surface area contributed by atoms with E-state index in [1.807, 2.05) is 182 Å². The molecule has 0 aliphatic carbocycles. The van der Waals surface area contributed by atoms with E-state index in [2.05, 4.69) is 0 Å². The lowest BCUT2D eigenvalue weighted by atomic mass is 9.84. The summed E-state index contributed by atoms with van der Waals surface area (Å²) in [7, 11) is 0. The quantitative estimate of drug-likeness (QED) is 0.0742. The van der Waals surface area contributed by atoms with Crippen molar-refractivity contribution in [3.05, 3.63) is 215 Å². The van der Waals surface area contributed by atoms with Crippen LogP contribution in [-0.2, 0) is 28.6 Å². The van der Waals surface area contributed by atoms with Gasteiger partial charge in [-0.2, -0.15) is 0 Å². The van der Waals surface area contributed by atoms with Gasteiger partial charge in [-0.05, 0) is 56.9 Å². The summed E-state index contributed by atoms with van der Waals surface area (Å²) in [5.41, 5.74) is 4.91. The molecule has 0 bridgehead atoms. The third-order valence-electron chi connectivity index (χ3n) is 8.48. The van der Waals surface area contributed by atoms with Gasteiger partial charge in [0.25, 0.3) is 0 Å². The molecule has 258 valence electrons. The van der Waals surface area contributed by atoms with E-state index in [1.54, 1.807) is 0 Å². The summed E-state index contributed by atoms with van der Waals surface area (Å²) in [5.74, 6) is -1.82. The number of hydrogen-bond acceptors (Lipinski definition) is 8. The Hall–Kier alpha value is -5.70. The number of rotatable bonds is 11. The maximum absolute atomic E-state index is 13.5. The lowest BCUT2D eigenvalue weighted by Crippen LogP contribution is -2.28. The van der Waals surface area contributed by atoms with Gasteiger partial charge in [-0.25, -0.2) is 9.59 Å². The van der Waals surface area contributed by atoms with Crippen LogP contribution in [0.5, 0.6) is 0 Å². The Morgan fingerprint density at radius 2 is 0.538 bits per heavy atom. The summed E-state index contributed by atoms with van der Waals surface area (Å²) in [5, 5.41) is -1.67. The Kier molecular flexibility index (Phi) is 11.8. The molecule has 6 rings (SSSR count). The van der Waals surface area contributed by atoms with Gasteiger partial charge in [0.05, 0.1) is 12.8 Å². The highest BCUT2D eigenvalue weighted by molar-refractivity contribution is 8.14. The zero-order valence-corrected chi connectivity index (χ0v) is 29.6. The number of hydrogen-bond donors (Lipinski definition) is 0. The molecule has 0 spiro atoms. The van der Waals surface area contributed by atoms with Crippen LogP contribution in [0.4, 0.5) is 9.59 Å². The molecule has 0 N–H and O–H groups in total. The van der Waals surface area contributed by atoms with Gasteiger partial charge in [-0.3, -0.25) is 9.59 Å². The fraction of sp³-hybridized carbons (Fsp3) is 0.0909. The number of carbonyl (C=O) groups excluding carboxylic acids is 4. The first kappa shape index (κ1) is 36.1. The predicted octanol–water partition coefficient (Wildman–Crippen LogP) is 10.5. The molecule has 6 aromatic rings. The predicted molar refractivity (Wildman–Crippen MR) is 206 cm³/mol. The van der Waals surface area contributed by atoms with Gasteiger partial charge >= 0.3 is 22.5 Å². The van der Waals surface area contributed by atoms with Gasteiger partial charge in [0, 0.05) is 0 Å². The first-order valence-corrected chi connectivity index (χ1v) is 18.3. The normalized spacial score (nSPS) is 11.3. The van der Waals surface area contributed by atoms with Gasteiger partial charge in [0.15, 0.2) is 0 Å². The van der Waals surface area contributed by atoms with E-state index in [4.69, 9.17) is 9.47 Å². The monoisotopic (exact) mass is 722 g/mol. The van der Waals surface area contributed by atoms with Crippen LogP contribution >= 0.6 is 23.5 Å². The van der Waals surface area contributed by atoms with Crippen LogP contribution in [0, 0.1) is 0 Å². The minimum atomic E-state index is -1.04. The molecule has 0 unspecified atom stereocenters. The summed E-state index contributed by atoms with van der Waals surface area (Å²) in [4.78, 5) is 53.0. The maximum atomic E-state index is 13.5. The molecule has 0 aliphatic rings. The summed E-state index contributed by atoms with van der Waals surface area (Å²) in [6.45, 7) is 0. The second-order valence-corrected chi connectivity index (χ2v) is 14.0. The summed E-state index contributed by atoms with van der Waals surface area (Å²) in [6.07, 6.45) is -0.918. The molecule has 0 amide bonds. The van der Waals surface area contributed by atoms with Crippen molar-refractivity contribution in [1.29, 1.82) is 0 Å². The second kappa shape index (κ2) is 17.0. The van der Waals surface area contributed by atoms with Crippen molar-refractivity contribution in [2.75, 3.05) is 0 Å².